The number of allylic oxidation sites excluding steroid dienone is 1. The first-order valence-corrected chi connectivity index (χ1v) is 11.9. The quantitative estimate of drug-likeness (QED) is 0.173. The average molecular weight is 441 g/mol. The third-order valence-electron chi connectivity index (χ3n) is 4.62. The number of hydrogen-bond acceptors (Lipinski definition) is 4. The largest absolute Gasteiger partial charge is 0.490 e. The Labute approximate surface area is 193 Å². The Hall–Kier alpha value is -2.33. The number of ether oxygens (including phenoxy) is 3. The van der Waals surface area contributed by atoms with Gasteiger partial charge in [-0.1, -0.05) is 76.7 Å². The molecule has 2 rings (SSSR count). The van der Waals surface area contributed by atoms with Gasteiger partial charge in [0.05, 0.1) is 19.8 Å². The predicted octanol–water partition coefficient (Wildman–Crippen LogP) is 7.44. The van der Waals surface area contributed by atoms with E-state index in [1.54, 1.807) is 0 Å². The topological polar surface area (TPSA) is 27.7 Å². The molecule has 31 heavy (non-hydrogen) atoms. The molecule has 0 aliphatic heterocycles. The molecular formula is C27H36O3S. The van der Waals surface area contributed by atoms with Gasteiger partial charge < -0.3 is 14.2 Å². The smallest absolute Gasteiger partial charge is 0.203 e. The summed E-state index contributed by atoms with van der Waals surface area (Å²) in [5.74, 6) is 2.13. The molecule has 0 bridgehead atoms. The SMILES string of the molecule is CCCOc1cc(C=CC(=S)c2ccc(CCC)cc2)cc(OCCC)c1OCCC. The number of rotatable bonds is 14. The van der Waals surface area contributed by atoms with Crippen molar-refractivity contribution in [3.05, 3.63) is 59.2 Å². The molecule has 0 aliphatic rings. The number of hydrogen-bond donors (Lipinski definition) is 0. The zero-order valence-electron chi connectivity index (χ0n) is 19.4. The second kappa shape index (κ2) is 13.9. The van der Waals surface area contributed by atoms with Crippen LogP contribution in [0.25, 0.3) is 6.08 Å². The lowest BCUT2D eigenvalue weighted by Gasteiger charge is -2.17. The Bertz CT molecular complexity index is 811. The van der Waals surface area contributed by atoms with Crippen molar-refractivity contribution < 1.29 is 14.2 Å². The lowest BCUT2D eigenvalue weighted by Crippen LogP contribution is -2.05. The van der Waals surface area contributed by atoms with Gasteiger partial charge in [-0.25, -0.2) is 0 Å². The molecule has 0 aliphatic carbocycles. The molecule has 0 heterocycles. The normalized spacial score (nSPS) is 11.0. The maximum Gasteiger partial charge on any atom is 0.203 e. The van der Waals surface area contributed by atoms with Crippen LogP contribution in [0.15, 0.2) is 42.5 Å². The van der Waals surface area contributed by atoms with Gasteiger partial charge in [-0.2, -0.15) is 0 Å². The van der Waals surface area contributed by atoms with Crippen LogP contribution in [0, 0.1) is 0 Å². The van der Waals surface area contributed by atoms with E-state index in [4.69, 9.17) is 26.4 Å². The average Bonchev–Trinajstić information content (AvgIpc) is 2.79. The van der Waals surface area contributed by atoms with Crippen LogP contribution in [-0.4, -0.2) is 24.7 Å². The van der Waals surface area contributed by atoms with E-state index in [0.29, 0.717) is 25.6 Å². The molecule has 0 fully saturated rings. The van der Waals surface area contributed by atoms with Crippen LogP contribution in [0.2, 0.25) is 0 Å². The zero-order chi connectivity index (χ0) is 22.5. The predicted molar refractivity (Wildman–Crippen MR) is 135 cm³/mol. The molecule has 2 aromatic carbocycles. The molecule has 0 amide bonds. The van der Waals surface area contributed by atoms with Gasteiger partial charge in [0.2, 0.25) is 5.75 Å². The van der Waals surface area contributed by atoms with Crippen LogP contribution in [0.1, 0.15) is 70.1 Å². The van der Waals surface area contributed by atoms with Crippen molar-refractivity contribution in [3.63, 3.8) is 0 Å². The van der Waals surface area contributed by atoms with Gasteiger partial charge in [0, 0.05) is 4.86 Å². The van der Waals surface area contributed by atoms with E-state index in [2.05, 4.69) is 52.0 Å². The van der Waals surface area contributed by atoms with Crippen LogP contribution >= 0.6 is 12.2 Å². The van der Waals surface area contributed by atoms with E-state index >= 15 is 0 Å². The van der Waals surface area contributed by atoms with Crippen LogP contribution in [0.5, 0.6) is 17.2 Å². The fourth-order valence-electron chi connectivity index (χ4n) is 3.07. The maximum atomic E-state index is 6.00. The van der Waals surface area contributed by atoms with E-state index < -0.39 is 0 Å². The molecule has 0 saturated heterocycles. The Morgan fingerprint density at radius 2 is 1.32 bits per heavy atom. The Morgan fingerprint density at radius 1 is 0.774 bits per heavy atom. The van der Waals surface area contributed by atoms with Crippen LogP contribution in [0.3, 0.4) is 0 Å². The molecule has 0 radical (unpaired) electrons. The summed E-state index contributed by atoms with van der Waals surface area (Å²) in [7, 11) is 0. The summed E-state index contributed by atoms with van der Waals surface area (Å²) in [5, 5.41) is 0. The summed E-state index contributed by atoms with van der Waals surface area (Å²) in [4.78, 5) is 0.807. The highest BCUT2D eigenvalue weighted by Crippen LogP contribution is 2.39. The van der Waals surface area contributed by atoms with Crippen molar-refractivity contribution in [3.8, 4) is 17.2 Å². The van der Waals surface area contributed by atoms with Gasteiger partial charge in [0.15, 0.2) is 11.5 Å². The minimum Gasteiger partial charge on any atom is -0.490 e. The summed E-state index contributed by atoms with van der Waals surface area (Å²) in [6, 6.07) is 12.5. The Kier molecular flexibility index (Phi) is 11.2. The summed E-state index contributed by atoms with van der Waals surface area (Å²) in [6.45, 7) is 10.3. The minimum atomic E-state index is 0.623. The first-order chi connectivity index (χ1) is 15.1. The monoisotopic (exact) mass is 440 g/mol. The van der Waals surface area contributed by atoms with Gasteiger partial charge in [-0.3, -0.25) is 0 Å². The lowest BCUT2D eigenvalue weighted by atomic mass is 10.0. The summed E-state index contributed by atoms with van der Waals surface area (Å²) >= 11 is 5.64. The van der Waals surface area contributed by atoms with Crippen LogP contribution in [-0.2, 0) is 6.42 Å². The van der Waals surface area contributed by atoms with Crippen molar-refractivity contribution in [2.75, 3.05) is 19.8 Å². The van der Waals surface area contributed by atoms with Crippen molar-refractivity contribution in [2.45, 2.75) is 59.8 Å². The minimum absolute atomic E-state index is 0.623. The zero-order valence-corrected chi connectivity index (χ0v) is 20.2. The third kappa shape index (κ3) is 8.02. The molecule has 3 nitrogen and oxygen atoms in total. The van der Waals surface area contributed by atoms with Gasteiger partial charge in [-0.15, -0.1) is 0 Å². The van der Waals surface area contributed by atoms with E-state index in [0.717, 1.165) is 59.6 Å². The van der Waals surface area contributed by atoms with E-state index in [1.807, 2.05) is 24.3 Å². The van der Waals surface area contributed by atoms with Crippen molar-refractivity contribution >= 4 is 23.2 Å². The lowest BCUT2D eigenvalue weighted by molar-refractivity contribution is 0.243. The third-order valence-corrected chi connectivity index (χ3v) is 4.99. The van der Waals surface area contributed by atoms with Crippen LogP contribution in [0.4, 0.5) is 0 Å². The molecule has 2 aromatic rings. The Balaban J connectivity index is 2.29. The maximum absolute atomic E-state index is 6.00. The van der Waals surface area contributed by atoms with Gasteiger partial charge in [0.25, 0.3) is 0 Å². The second-order valence-corrected chi connectivity index (χ2v) is 7.98. The van der Waals surface area contributed by atoms with Gasteiger partial charge in [-0.05, 0) is 60.6 Å². The molecule has 0 unspecified atom stereocenters. The standard InChI is InChI=1S/C27H36O3S/c1-5-9-21-10-13-23(14-11-21)26(31)15-12-22-19-24(28-16-6-2)27(30-18-8-4)25(20-22)29-17-7-3/h10-15,19-20H,5-9,16-18H2,1-4H3. The van der Waals surface area contributed by atoms with E-state index in [1.165, 1.54) is 5.56 Å². The molecule has 0 aromatic heterocycles. The van der Waals surface area contributed by atoms with Gasteiger partial charge in [0.1, 0.15) is 0 Å². The van der Waals surface area contributed by atoms with Gasteiger partial charge >= 0.3 is 0 Å². The Morgan fingerprint density at radius 3 is 1.84 bits per heavy atom. The highest BCUT2D eigenvalue weighted by Gasteiger charge is 2.15. The van der Waals surface area contributed by atoms with Crippen molar-refractivity contribution in [2.24, 2.45) is 0 Å². The summed E-state index contributed by atoms with van der Waals surface area (Å²) in [5.41, 5.74) is 3.38. The molecule has 0 N–H and O–H groups in total. The summed E-state index contributed by atoms with van der Waals surface area (Å²) < 4.78 is 18.0. The number of benzene rings is 2. The highest BCUT2D eigenvalue weighted by atomic mass is 32.1. The first kappa shape index (κ1) is 24.9. The van der Waals surface area contributed by atoms with Crippen molar-refractivity contribution in [1.82, 2.24) is 0 Å². The fourth-order valence-corrected chi connectivity index (χ4v) is 3.27. The van der Waals surface area contributed by atoms with E-state index in [9.17, 15) is 0 Å². The van der Waals surface area contributed by atoms with Crippen LogP contribution < -0.4 is 14.2 Å². The molecule has 0 atom stereocenters. The summed E-state index contributed by atoms with van der Waals surface area (Å²) in [6.07, 6.45) is 9.01. The second-order valence-electron chi connectivity index (χ2n) is 7.54. The molecule has 168 valence electrons. The molecule has 0 spiro atoms. The molecule has 4 heteroatoms. The number of aryl methyl sites for hydroxylation is 1. The van der Waals surface area contributed by atoms with E-state index in [-0.39, 0.29) is 0 Å². The molecular weight excluding hydrogens is 404 g/mol. The number of thiocarbonyl (C=S) groups is 1. The fraction of sp³-hybridized carbons (Fsp3) is 0.444. The molecule has 0 saturated carbocycles. The first-order valence-electron chi connectivity index (χ1n) is 11.5. The van der Waals surface area contributed by atoms with Crippen molar-refractivity contribution in [1.29, 1.82) is 0 Å². The highest BCUT2D eigenvalue weighted by molar-refractivity contribution is 7.81.